The molecule has 0 aliphatic heterocycles. The highest BCUT2D eigenvalue weighted by Crippen LogP contribution is 2.38. The van der Waals surface area contributed by atoms with Crippen LogP contribution in [0, 0.1) is 0 Å². The molecular weight excluding hydrogens is 487 g/mol. The minimum atomic E-state index is -2.52. The van der Waals surface area contributed by atoms with E-state index in [1.165, 1.54) is 13.3 Å². The number of para-hydroxylation sites is 1. The summed E-state index contributed by atoms with van der Waals surface area (Å²) in [4.78, 5) is 20.6. The van der Waals surface area contributed by atoms with Crippen LogP contribution >= 0.6 is 18.7 Å². The van der Waals surface area contributed by atoms with Crippen LogP contribution in [0.15, 0.2) is 60.8 Å². The number of ether oxygens (including phenoxy) is 2. The standard InChI is InChI=1S/C25H28ClN4O4P/c1-16(25(31)34-3)14-27-18-10-11-21(33-2)17(12-18)13-23-28-15-19(26)24(30-23)29-20-8-6-7-9-22(20)35(4,5)32/h6-12,15,27H,1,13-14H2,2-5H3,(H,28,29,30). The van der Waals surface area contributed by atoms with E-state index in [1.54, 1.807) is 20.4 Å². The minimum Gasteiger partial charge on any atom is -0.496 e. The van der Waals surface area contributed by atoms with E-state index >= 15 is 0 Å². The van der Waals surface area contributed by atoms with Gasteiger partial charge in [0.15, 0.2) is 5.82 Å². The van der Waals surface area contributed by atoms with Crippen molar-refractivity contribution in [1.29, 1.82) is 0 Å². The fourth-order valence-electron chi connectivity index (χ4n) is 3.38. The molecule has 0 bridgehead atoms. The van der Waals surface area contributed by atoms with Crippen molar-refractivity contribution in [1.82, 2.24) is 9.97 Å². The summed E-state index contributed by atoms with van der Waals surface area (Å²) >= 11 is 6.37. The second-order valence-electron chi connectivity index (χ2n) is 8.13. The van der Waals surface area contributed by atoms with E-state index in [0.29, 0.717) is 45.4 Å². The van der Waals surface area contributed by atoms with E-state index in [9.17, 15) is 9.36 Å². The molecule has 0 fully saturated rings. The van der Waals surface area contributed by atoms with E-state index in [0.717, 1.165) is 11.3 Å². The molecule has 0 atom stereocenters. The van der Waals surface area contributed by atoms with Gasteiger partial charge in [-0.15, -0.1) is 0 Å². The van der Waals surface area contributed by atoms with Gasteiger partial charge >= 0.3 is 5.97 Å². The topological polar surface area (TPSA) is 102 Å². The average molecular weight is 515 g/mol. The molecule has 3 rings (SSSR count). The molecule has 3 aromatic rings. The Balaban J connectivity index is 1.85. The fourth-order valence-corrected chi connectivity index (χ4v) is 4.67. The molecule has 0 radical (unpaired) electrons. The van der Waals surface area contributed by atoms with Gasteiger partial charge in [-0.1, -0.05) is 30.3 Å². The molecule has 8 nitrogen and oxygen atoms in total. The molecule has 0 saturated heterocycles. The van der Waals surface area contributed by atoms with E-state index < -0.39 is 13.1 Å². The van der Waals surface area contributed by atoms with Crippen LogP contribution in [0.5, 0.6) is 5.75 Å². The molecule has 10 heteroatoms. The highest BCUT2D eigenvalue weighted by atomic mass is 35.5. The Bertz CT molecular complexity index is 1290. The minimum absolute atomic E-state index is 0.238. The predicted octanol–water partition coefficient (Wildman–Crippen LogP) is 4.86. The maximum Gasteiger partial charge on any atom is 0.334 e. The van der Waals surface area contributed by atoms with Crippen LogP contribution in [0.1, 0.15) is 11.4 Å². The van der Waals surface area contributed by atoms with Crippen LogP contribution in [-0.2, 0) is 20.5 Å². The number of carbonyl (C=O) groups is 1. The molecule has 0 amide bonds. The number of hydrogen-bond acceptors (Lipinski definition) is 8. The largest absolute Gasteiger partial charge is 0.496 e. The molecule has 0 aliphatic carbocycles. The summed E-state index contributed by atoms with van der Waals surface area (Å²) in [5.41, 5.74) is 2.60. The third-order valence-corrected chi connectivity index (χ3v) is 6.97. The summed E-state index contributed by atoms with van der Waals surface area (Å²) in [5, 5.41) is 7.42. The van der Waals surface area contributed by atoms with Gasteiger partial charge in [-0.25, -0.2) is 14.8 Å². The smallest absolute Gasteiger partial charge is 0.334 e. The summed E-state index contributed by atoms with van der Waals surface area (Å²) in [7, 11) is 0.384. The normalized spacial score (nSPS) is 11.0. The van der Waals surface area contributed by atoms with Gasteiger partial charge in [0.1, 0.15) is 23.7 Å². The molecule has 0 aliphatic rings. The van der Waals surface area contributed by atoms with E-state index in [-0.39, 0.29) is 6.54 Å². The first-order chi connectivity index (χ1) is 16.6. The average Bonchev–Trinajstić information content (AvgIpc) is 2.83. The van der Waals surface area contributed by atoms with Crippen molar-refractivity contribution >= 4 is 47.2 Å². The van der Waals surface area contributed by atoms with Crippen molar-refractivity contribution in [2.75, 3.05) is 44.7 Å². The number of benzene rings is 2. The van der Waals surface area contributed by atoms with Crippen LogP contribution < -0.4 is 20.7 Å². The van der Waals surface area contributed by atoms with Crippen molar-refractivity contribution in [3.63, 3.8) is 0 Å². The van der Waals surface area contributed by atoms with Crippen LogP contribution in [-0.4, -0.2) is 50.0 Å². The maximum atomic E-state index is 12.7. The van der Waals surface area contributed by atoms with Gasteiger partial charge in [-0.05, 0) is 43.7 Å². The summed E-state index contributed by atoms with van der Waals surface area (Å²) in [6.07, 6.45) is 1.89. The van der Waals surface area contributed by atoms with Gasteiger partial charge in [-0.2, -0.15) is 0 Å². The van der Waals surface area contributed by atoms with Crippen molar-refractivity contribution in [2.45, 2.75) is 6.42 Å². The van der Waals surface area contributed by atoms with Gasteiger partial charge in [0.05, 0.1) is 26.1 Å². The molecule has 1 aromatic heterocycles. The molecule has 0 unspecified atom stereocenters. The molecular formula is C25H28ClN4O4P. The zero-order valence-corrected chi connectivity index (χ0v) is 21.7. The van der Waals surface area contributed by atoms with Gasteiger partial charge < -0.3 is 24.7 Å². The number of methoxy groups -OCH3 is 2. The summed E-state index contributed by atoms with van der Waals surface area (Å²) in [5.74, 6) is 1.13. The Morgan fingerprint density at radius 1 is 1.17 bits per heavy atom. The highest BCUT2D eigenvalue weighted by molar-refractivity contribution is 7.70. The monoisotopic (exact) mass is 514 g/mol. The second-order valence-corrected chi connectivity index (χ2v) is 11.7. The number of anilines is 3. The molecule has 2 aromatic carbocycles. The lowest BCUT2D eigenvalue weighted by atomic mass is 10.1. The number of aromatic nitrogens is 2. The van der Waals surface area contributed by atoms with Gasteiger partial charge in [0, 0.05) is 35.1 Å². The van der Waals surface area contributed by atoms with Crippen molar-refractivity contribution < 1.29 is 18.8 Å². The van der Waals surface area contributed by atoms with Crippen molar-refractivity contribution in [2.24, 2.45) is 0 Å². The zero-order valence-electron chi connectivity index (χ0n) is 20.1. The molecule has 1 heterocycles. The molecule has 35 heavy (non-hydrogen) atoms. The van der Waals surface area contributed by atoms with Crippen molar-refractivity contribution in [3.8, 4) is 5.75 Å². The highest BCUT2D eigenvalue weighted by Gasteiger charge is 2.17. The summed E-state index contributed by atoms with van der Waals surface area (Å²) < 4.78 is 22.9. The zero-order chi connectivity index (χ0) is 25.6. The number of nitrogens with zero attached hydrogens (tertiary/aromatic N) is 2. The second kappa shape index (κ2) is 11.4. The number of halogens is 1. The number of carbonyl (C=O) groups excluding carboxylic acids is 1. The Hall–Kier alpha value is -3.35. The third kappa shape index (κ3) is 6.84. The van der Waals surface area contributed by atoms with E-state index in [4.69, 9.17) is 16.3 Å². The lowest BCUT2D eigenvalue weighted by Gasteiger charge is -2.16. The lowest BCUT2D eigenvalue weighted by molar-refractivity contribution is -0.136. The molecule has 0 saturated carbocycles. The molecule has 0 spiro atoms. The van der Waals surface area contributed by atoms with Crippen molar-refractivity contribution in [3.05, 3.63) is 77.2 Å². The van der Waals surface area contributed by atoms with Gasteiger partial charge in [-0.3, -0.25) is 0 Å². The molecule has 2 N–H and O–H groups in total. The Labute approximate surface area is 210 Å². The Kier molecular flexibility index (Phi) is 8.54. The van der Waals surface area contributed by atoms with Crippen LogP contribution in [0.4, 0.5) is 17.2 Å². The van der Waals surface area contributed by atoms with Crippen LogP contribution in [0.3, 0.4) is 0 Å². The Morgan fingerprint density at radius 2 is 1.91 bits per heavy atom. The first-order valence-corrected chi connectivity index (χ1v) is 13.7. The van der Waals surface area contributed by atoms with Crippen LogP contribution in [0.2, 0.25) is 5.02 Å². The van der Waals surface area contributed by atoms with Crippen LogP contribution in [0.25, 0.3) is 0 Å². The summed E-state index contributed by atoms with van der Waals surface area (Å²) in [6.45, 7) is 7.39. The quantitative estimate of drug-likeness (QED) is 0.224. The third-order valence-electron chi connectivity index (χ3n) is 5.14. The first kappa shape index (κ1) is 26.3. The number of hydrogen-bond donors (Lipinski definition) is 2. The molecule has 184 valence electrons. The van der Waals surface area contributed by atoms with E-state index in [1.807, 2.05) is 42.5 Å². The number of esters is 1. The van der Waals surface area contributed by atoms with E-state index in [2.05, 4.69) is 31.9 Å². The predicted molar refractivity (Wildman–Crippen MR) is 141 cm³/mol. The summed E-state index contributed by atoms with van der Waals surface area (Å²) in [6, 6.07) is 12.9. The van der Waals surface area contributed by atoms with Gasteiger partial charge in [0.25, 0.3) is 0 Å². The number of rotatable bonds is 10. The van der Waals surface area contributed by atoms with Gasteiger partial charge in [0.2, 0.25) is 0 Å². The fraction of sp³-hybridized carbons (Fsp3) is 0.240. The lowest BCUT2D eigenvalue weighted by Crippen LogP contribution is -2.13. The maximum absolute atomic E-state index is 12.7. The SMILES string of the molecule is C=C(CNc1ccc(OC)c(Cc2ncc(Cl)c(Nc3ccccc3P(C)(C)=O)n2)c1)C(=O)OC. The first-order valence-electron chi connectivity index (χ1n) is 10.7. The Morgan fingerprint density at radius 3 is 2.60 bits per heavy atom. The number of nitrogens with one attached hydrogen (secondary N) is 2.